The second kappa shape index (κ2) is 3.69. The molecule has 2 heterocycles. The summed E-state index contributed by atoms with van der Waals surface area (Å²) in [5.74, 6) is 2.50. The molecule has 2 N–H and O–H groups in total. The highest BCUT2D eigenvalue weighted by Crippen LogP contribution is 2.49. The molecule has 0 bridgehead atoms. The Kier molecular flexibility index (Phi) is 2.84. The topological polar surface area (TPSA) is 32.3 Å². The number of nitrogens with one attached hydrogen (secondary N) is 1. The molecular formula is C11H21NOS. The van der Waals surface area contributed by atoms with Gasteiger partial charge in [-0.05, 0) is 36.0 Å². The molecule has 2 fully saturated rings. The normalized spacial score (nSPS) is 41.8. The summed E-state index contributed by atoms with van der Waals surface area (Å²) in [7, 11) is 0. The van der Waals surface area contributed by atoms with Gasteiger partial charge in [-0.2, -0.15) is 11.8 Å². The fourth-order valence-electron chi connectivity index (χ4n) is 3.11. The minimum absolute atomic E-state index is 0.302. The van der Waals surface area contributed by atoms with Crippen LogP contribution in [0.2, 0.25) is 0 Å². The number of thioether (sulfide) groups is 1. The molecule has 14 heavy (non-hydrogen) atoms. The van der Waals surface area contributed by atoms with Gasteiger partial charge >= 0.3 is 0 Å². The number of aliphatic hydroxyl groups is 1. The molecule has 2 atom stereocenters. The van der Waals surface area contributed by atoms with E-state index < -0.39 is 0 Å². The Balaban J connectivity index is 2.14. The van der Waals surface area contributed by atoms with Gasteiger partial charge in [0, 0.05) is 11.8 Å². The monoisotopic (exact) mass is 215 g/mol. The predicted molar refractivity (Wildman–Crippen MR) is 61.6 cm³/mol. The van der Waals surface area contributed by atoms with E-state index in [-0.39, 0.29) is 0 Å². The number of hydrogen-bond acceptors (Lipinski definition) is 3. The lowest BCUT2D eigenvalue weighted by Crippen LogP contribution is -2.47. The van der Waals surface area contributed by atoms with Crippen LogP contribution in [0.25, 0.3) is 0 Å². The average molecular weight is 215 g/mol. The zero-order valence-electron chi connectivity index (χ0n) is 9.18. The van der Waals surface area contributed by atoms with Crippen molar-refractivity contribution in [2.24, 2.45) is 10.8 Å². The molecule has 2 nitrogen and oxygen atoms in total. The number of rotatable bonds is 1. The molecule has 0 aromatic heterocycles. The van der Waals surface area contributed by atoms with E-state index in [9.17, 15) is 5.11 Å². The van der Waals surface area contributed by atoms with E-state index in [1.165, 1.54) is 24.3 Å². The van der Waals surface area contributed by atoms with Crippen LogP contribution in [-0.2, 0) is 0 Å². The van der Waals surface area contributed by atoms with Crippen molar-refractivity contribution in [1.82, 2.24) is 5.32 Å². The van der Waals surface area contributed by atoms with Gasteiger partial charge in [0.2, 0.25) is 0 Å². The van der Waals surface area contributed by atoms with Gasteiger partial charge in [0.05, 0.1) is 6.61 Å². The second-order valence-electron chi connectivity index (χ2n) is 5.64. The smallest absolute Gasteiger partial charge is 0.0590 e. The minimum atomic E-state index is 0.302. The van der Waals surface area contributed by atoms with Crippen molar-refractivity contribution in [3.63, 3.8) is 0 Å². The molecule has 0 aliphatic carbocycles. The lowest BCUT2D eigenvalue weighted by Gasteiger charge is -2.45. The van der Waals surface area contributed by atoms with E-state index in [4.69, 9.17) is 0 Å². The zero-order chi connectivity index (χ0) is 10.2. The summed E-state index contributed by atoms with van der Waals surface area (Å²) in [4.78, 5) is 0. The van der Waals surface area contributed by atoms with Crippen LogP contribution in [0.1, 0.15) is 26.7 Å². The highest BCUT2D eigenvalue weighted by Gasteiger charge is 2.47. The summed E-state index contributed by atoms with van der Waals surface area (Å²) in [5, 5.41) is 12.8. The Labute approximate surface area is 90.8 Å². The van der Waals surface area contributed by atoms with E-state index in [2.05, 4.69) is 30.9 Å². The summed E-state index contributed by atoms with van der Waals surface area (Å²) in [5.41, 5.74) is 0.823. The van der Waals surface area contributed by atoms with E-state index in [0.29, 0.717) is 23.5 Å². The molecule has 2 unspecified atom stereocenters. The molecule has 2 aliphatic heterocycles. The first-order valence-corrected chi connectivity index (χ1v) is 6.66. The lowest BCUT2D eigenvalue weighted by molar-refractivity contribution is 0.122. The highest BCUT2D eigenvalue weighted by molar-refractivity contribution is 7.99. The lowest BCUT2D eigenvalue weighted by atomic mass is 9.70. The standard InChI is InChI=1S/C11H21NOS/c1-10(2)6-11(8-14-7-10)3-4-12-9(11)5-13/h9,12-13H,3-8H2,1-2H3. The third-order valence-corrected chi connectivity index (χ3v) is 5.41. The fourth-order valence-corrected chi connectivity index (χ4v) is 4.73. The Morgan fingerprint density at radius 2 is 2.21 bits per heavy atom. The van der Waals surface area contributed by atoms with E-state index in [0.717, 1.165) is 6.54 Å². The van der Waals surface area contributed by atoms with Crippen molar-refractivity contribution in [1.29, 1.82) is 0 Å². The van der Waals surface area contributed by atoms with Gasteiger partial charge in [0.25, 0.3) is 0 Å². The second-order valence-corrected chi connectivity index (χ2v) is 6.62. The third-order valence-electron chi connectivity index (χ3n) is 3.65. The van der Waals surface area contributed by atoms with E-state index >= 15 is 0 Å². The summed E-state index contributed by atoms with van der Waals surface area (Å²) < 4.78 is 0. The molecule has 2 rings (SSSR count). The van der Waals surface area contributed by atoms with Crippen LogP contribution in [0.3, 0.4) is 0 Å². The molecule has 82 valence electrons. The maximum Gasteiger partial charge on any atom is 0.0590 e. The summed E-state index contributed by atoms with van der Waals surface area (Å²) in [6.45, 7) is 6.10. The molecule has 0 amide bonds. The summed E-state index contributed by atoms with van der Waals surface area (Å²) in [6, 6.07) is 0.342. The Morgan fingerprint density at radius 3 is 2.86 bits per heavy atom. The first-order valence-electron chi connectivity index (χ1n) is 5.50. The van der Waals surface area contributed by atoms with Crippen LogP contribution in [0.5, 0.6) is 0 Å². The molecule has 2 saturated heterocycles. The maximum atomic E-state index is 9.38. The van der Waals surface area contributed by atoms with Gasteiger partial charge < -0.3 is 10.4 Å². The molecular weight excluding hydrogens is 194 g/mol. The third kappa shape index (κ3) is 1.82. The number of aliphatic hydroxyl groups excluding tert-OH is 1. The SMILES string of the molecule is CC1(C)CSCC2(CCNC2CO)C1. The summed E-state index contributed by atoms with van der Waals surface area (Å²) >= 11 is 2.07. The van der Waals surface area contributed by atoms with Crippen molar-refractivity contribution in [2.75, 3.05) is 24.7 Å². The van der Waals surface area contributed by atoms with Crippen LogP contribution in [0, 0.1) is 10.8 Å². The first-order chi connectivity index (χ1) is 6.58. The Hall–Kier alpha value is 0.270. The first kappa shape index (κ1) is 10.8. The van der Waals surface area contributed by atoms with E-state index in [1.807, 2.05) is 0 Å². The van der Waals surface area contributed by atoms with Crippen LogP contribution >= 0.6 is 11.8 Å². The van der Waals surface area contributed by atoms with Gasteiger partial charge in [0.15, 0.2) is 0 Å². The highest BCUT2D eigenvalue weighted by atomic mass is 32.2. The van der Waals surface area contributed by atoms with Gasteiger partial charge in [-0.1, -0.05) is 13.8 Å². The molecule has 3 heteroatoms. The van der Waals surface area contributed by atoms with Gasteiger partial charge in [-0.15, -0.1) is 0 Å². The Bertz CT molecular complexity index is 219. The maximum absolute atomic E-state index is 9.38. The molecule has 1 spiro atoms. The predicted octanol–water partition coefficient (Wildman–Crippen LogP) is 1.49. The van der Waals surface area contributed by atoms with Crippen LogP contribution in [0.15, 0.2) is 0 Å². The quantitative estimate of drug-likeness (QED) is 0.695. The fraction of sp³-hybridized carbons (Fsp3) is 1.00. The molecule has 0 aromatic rings. The van der Waals surface area contributed by atoms with Gasteiger partial charge in [-0.25, -0.2) is 0 Å². The van der Waals surface area contributed by atoms with Crippen molar-refractivity contribution in [3.05, 3.63) is 0 Å². The van der Waals surface area contributed by atoms with Crippen molar-refractivity contribution in [3.8, 4) is 0 Å². The average Bonchev–Trinajstić information content (AvgIpc) is 2.45. The number of hydrogen-bond donors (Lipinski definition) is 2. The van der Waals surface area contributed by atoms with Gasteiger partial charge in [0.1, 0.15) is 0 Å². The van der Waals surface area contributed by atoms with Crippen LogP contribution in [0.4, 0.5) is 0 Å². The van der Waals surface area contributed by atoms with Crippen molar-refractivity contribution in [2.45, 2.75) is 32.7 Å². The zero-order valence-corrected chi connectivity index (χ0v) is 9.99. The Morgan fingerprint density at radius 1 is 1.43 bits per heavy atom. The van der Waals surface area contributed by atoms with Crippen molar-refractivity contribution >= 4 is 11.8 Å². The van der Waals surface area contributed by atoms with Crippen LogP contribution < -0.4 is 5.32 Å². The molecule has 0 radical (unpaired) electrons. The van der Waals surface area contributed by atoms with Crippen molar-refractivity contribution < 1.29 is 5.11 Å². The molecule has 0 saturated carbocycles. The van der Waals surface area contributed by atoms with Crippen LogP contribution in [-0.4, -0.2) is 35.8 Å². The summed E-state index contributed by atoms with van der Waals surface area (Å²) in [6.07, 6.45) is 2.51. The van der Waals surface area contributed by atoms with E-state index in [1.54, 1.807) is 0 Å². The molecule has 2 aliphatic rings. The largest absolute Gasteiger partial charge is 0.395 e. The minimum Gasteiger partial charge on any atom is -0.395 e. The van der Waals surface area contributed by atoms with Gasteiger partial charge in [-0.3, -0.25) is 0 Å². The molecule has 0 aromatic carbocycles.